The van der Waals surface area contributed by atoms with Crippen LogP contribution in [0.25, 0.3) is 10.9 Å². The number of nitrogens with one attached hydrogen (secondary N) is 1. The summed E-state index contributed by atoms with van der Waals surface area (Å²) >= 11 is 5.79. The van der Waals surface area contributed by atoms with Crippen LogP contribution in [-0.4, -0.2) is 63.5 Å². The van der Waals surface area contributed by atoms with Crippen molar-refractivity contribution in [2.75, 3.05) is 19.8 Å². The molecule has 1 aromatic carbocycles. The number of likely N-dealkylation sites (tertiary alicyclic amines) is 1. The van der Waals surface area contributed by atoms with Crippen LogP contribution in [0.1, 0.15) is 25.8 Å². The van der Waals surface area contributed by atoms with Gasteiger partial charge in [0, 0.05) is 30.1 Å². The zero-order valence-electron chi connectivity index (χ0n) is 20.8. The first-order valence-corrected chi connectivity index (χ1v) is 13.9. The fraction of sp³-hybridized carbons (Fsp3) is 0.417. The average Bonchev–Trinajstić information content (AvgIpc) is 3.46. The molecule has 10 nitrogen and oxygen atoms in total. The fourth-order valence-electron chi connectivity index (χ4n) is 4.34. The van der Waals surface area contributed by atoms with E-state index >= 15 is 0 Å². The van der Waals surface area contributed by atoms with Crippen LogP contribution < -0.4 is 10.8 Å². The lowest BCUT2D eigenvalue weighted by atomic mass is 10.1. The number of carbonyl (C=O) groups is 2. The van der Waals surface area contributed by atoms with Crippen LogP contribution in [0.4, 0.5) is 8.78 Å². The Labute approximate surface area is 222 Å². The highest BCUT2D eigenvalue weighted by Gasteiger charge is 2.40. The van der Waals surface area contributed by atoms with Crippen LogP contribution in [-0.2, 0) is 36.3 Å². The molecule has 0 bridgehead atoms. The van der Waals surface area contributed by atoms with E-state index in [0.29, 0.717) is 10.9 Å². The molecule has 1 N–H and O–H groups in total. The molecule has 0 aliphatic carbocycles. The van der Waals surface area contributed by atoms with Crippen molar-refractivity contribution < 1.29 is 32.0 Å². The number of benzene rings is 1. The highest BCUT2D eigenvalue weighted by molar-refractivity contribution is 7.62. The quantitative estimate of drug-likeness (QED) is 0.372. The molecule has 0 unspecified atom stereocenters. The SMILES string of the molecule is CCOP(=O)(OCC)c1nn(CC(=O)N2C[C@H](F)C[C@H]2C(=O)NCc2cccc(Cl)c2F)c2cnccc12. The third kappa shape index (κ3) is 5.73. The smallest absolute Gasteiger partial charge is 0.350 e. The number of carbonyl (C=O) groups excluding carboxylic acids is 2. The van der Waals surface area contributed by atoms with Crippen molar-refractivity contribution in [1.82, 2.24) is 25.0 Å². The second-order valence-corrected chi connectivity index (χ2v) is 10.9. The van der Waals surface area contributed by atoms with Gasteiger partial charge in [0.2, 0.25) is 11.8 Å². The van der Waals surface area contributed by atoms with Crippen molar-refractivity contribution in [3.63, 3.8) is 0 Å². The van der Waals surface area contributed by atoms with Gasteiger partial charge in [0.15, 0.2) is 5.44 Å². The van der Waals surface area contributed by atoms with Crippen molar-refractivity contribution in [2.24, 2.45) is 0 Å². The molecule has 0 radical (unpaired) electrons. The summed E-state index contributed by atoms with van der Waals surface area (Å²) in [5.74, 6) is -1.87. The second kappa shape index (κ2) is 11.9. The number of fused-ring (bicyclic) bond motifs is 1. The van der Waals surface area contributed by atoms with Gasteiger partial charge in [-0.3, -0.25) is 23.8 Å². The van der Waals surface area contributed by atoms with Gasteiger partial charge in [-0.15, -0.1) is 0 Å². The summed E-state index contributed by atoms with van der Waals surface area (Å²) in [5, 5.41) is 7.26. The minimum atomic E-state index is -3.80. The molecule has 2 amide bonds. The number of aromatic nitrogens is 3. The molecule has 1 aliphatic rings. The molecule has 4 rings (SSSR count). The Balaban J connectivity index is 1.55. The molecule has 1 saturated heterocycles. The largest absolute Gasteiger partial charge is 0.382 e. The molecule has 204 valence electrons. The van der Waals surface area contributed by atoms with Gasteiger partial charge in [-0.05, 0) is 26.0 Å². The molecule has 2 atom stereocenters. The van der Waals surface area contributed by atoms with E-state index < -0.39 is 37.4 Å². The zero-order chi connectivity index (χ0) is 27.4. The lowest BCUT2D eigenvalue weighted by molar-refractivity contribution is -0.139. The Bertz CT molecular complexity index is 1380. The summed E-state index contributed by atoms with van der Waals surface area (Å²) in [7, 11) is -3.80. The third-order valence-corrected chi connectivity index (χ3v) is 8.37. The van der Waals surface area contributed by atoms with E-state index in [0.717, 1.165) is 4.90 Å². The van der Waals surface area contributed by atoms with Crippen LogP contribution in [0.15, 0.2) is 36.7 Å². The topological polar surface area (TPSA) is 116 Å². The molecule has 0 saturated carbocycles. The third-order valence-electron chi connectivity index (χ3n) is 6.03. The summed E-state index contributed by atoms with van der Waals surface area (Å²) in [4.78, 5) is 31.4. The molecule has 14 heteroatoms. The maximum absolute atomic E-state index is 14.4. The summed E-state index contributed by atoms with van der Waals surface area (Å²) in [5.41, 5.74) is 0.590. The highest BCUT2D eigenvalue weighted by Crippen LogP contribution is 2.48. The number of hydrogen-bond acceptors (Lipinski definition) is 7. The molecule has 0 spiro atoms. The molecule has 3 heterocycles. The van der Waals surface area contributed by atoms with Crippen LogP contribution >= 0.6 is 19.2 Å². The van der Waals surface area contributed by atoms with Crippen molar-refractivity contribution in [1.29, 1.82) is 0 Å². The predicted octanol–water partition coefficient (Wildman–Crippen LogP) is 3.37. The monoisotopic (exact) mass is 569 g/mol. The second-order valence-electron chi connectivity index (χ2n) is 8.53. The van der Waals surface area contributed by atoms with Gasteiger partial charge in [0.05, 0.1) is 36.5 Å². The van der Waals surface area contributed by atoms with Crippen LogP contribution in [0.2, 0.25) is 5.02 Å². The molecule has 38 heavy (non-hydrogen) atoms. The molecule has 1 fully saturated rings. The number of nitrogens with zero attached hydrogens (tertiary/aromatic N) is 4. The van der Waals surface area contributed by atoms with E-state index in [9.17, 15) is 22.9 Å². The lowest BCUT2D eigenvalue weighted by Gasteiger charge is -2.24. The van der Waals surface area contributed by atoms with Gasteiger partial charge in [0.1, 0.15) is 24.6 Å². The van der Waals surface area contributed by atoms with E-state index in [1.54, 1.807) is 26.0 Å². The van der Waals surface area contributed by atoms with Gasteiger partial charge < -0.3 is 19.3 Å². The van der Waals surface area contributed by atoms with Gasteiger partial charge in [-0.1, -0.05) is 23.7 Å². The number of hydrogen-bond donors (Lipinski definition) is 1. The Kier molecular flexibility index (Phi) is 8.77. The first kappa shape index (κ1) is 28.1. The number of alkyl halides is 1. The van der Waals surface area contributed by atoms with Crippen molar-refractivity contribution in [2.45, 2.75) is 45.6 Å². The van der Waals surface area contributed by atoms with Crippen LogP contribution in [0, 0.1) is 5.82 Å². The molecule has 1 aliphatic heterocycles. The molecular formula is C24H27ClF2N5O5P. The molecule has 3 aromatic rings. The normalized spacial score (nSPS) is 17.8. The van der Waals surface area contributed by atoms with E-state index in [1.807, 2.05) is 0 Å². The number of rotatable bonds is 10. The van der Waals surface area contributed by atoms with Crippen molar-refractivity contribution in [3.8, 4) is 0 Å². The van der Waals surface area contributed by atoms with Gasteiger partial charge in [-0.25, -0.2) is 8.78 Å². The lowest BCUT2D eigenvalue weighted by Crippen LogP contribution is -2.47. The maximum atomic E-state index is 14.4. The summed E-state index contributed by atoms with van der Waals surface area (Å²) in [6, 6.07) is 4.88. The Morgan fingerprint density at radius 2 is 1.97 bits per heavy atom. The Morgan fingerprint density at radius 1 is 1.24 bits per heavy atom. The zero-order valence-corrected chi connectivity index (χ0v) is 22.4. The highest BCUT2D eigenvalue weighted by atomic mass is 35.5. The standard InChI is InChI=1S/C24H27ClF2N5O5P/c1-3-36-38(35,37-4-2)24-17-8-9-28-12-20(17)32(30-24)14-21(33)31-13-16(26)10-19(31)23(34)29-11-15-6-5-7-18(25)22(15)27/h5-9,12,16,19H,3-4,10-11,13-14H2,1-2H3,(H,29,34)/t16-,19+/m1/s1. The number of amides is 2. The minimum absolute atomic E-state index is 0.0361. The van der Waals surface area contributed by atoms with E-state index in [4.69, 9.17) is 20.6 Å². The number of pyridine rings is 1. The predicted molar refractivity (Wildman–Crippen MR) is 136 cm³/mol. The minimum Gasteiger partial charge on any atom is -0.350 e. The molecular weight excluding hydrogens is 543 g/mol. The van der Waals surface area contributed by atoms with E-state index in [-0.39, 0.29) is 55.3 Å². The van der Waals surface area contributed by atoms with Crippen LogP contribution in [0.5, 0.6) is 0 Å². The molecule has 2 aromatic heterocycles. The first-order chi connectivity index (χ1) is 18.2. The van der Waals surface area contributed by atoms with Gasteiger partial charge in [-0.2, -0.15) is 5.10 Å². The van der Waals surface area contributed by atoms with E-state index in [1.165, 1.54) is 29.2 Å². The van der Waals surface area contributed by atoms with Crippen LogP contribution in [0.3, 0.4) is 0 Å². The number of halogens is 3. The maximum Gasteiger partial charge on any atom is 0.382 e. The van der Waals surface area contributed by atoms with Gasteiger partial charge >= 0.3 is 7.60 Å². The Morgan fingerprint density at radius 3 is 2.68 bits per heavy atom. The summed E-state index contributed by atoms with van der Waals surface area (Å²) in [6.07, 6.45) is 1.32. The average molecular weight is 570 g/mol. The first-order valence-electron chi connectivity index (χ1n) is 12.0. The fourth-order valence-corrected chi connectivity index (χ4v) is 6.23. The van der Waals surface area contributed by atoms with Crippen molar-refractivity contribution >= 4 is 47.3 Å². The summed E-state index contributed by atoms with van der Waals surface area (Å²) < 4.78 is 54.2. The summed E-state index contributed by atoms with van der Waals surface area (Å²) in [6.45, 7) is 2.71. The van der Waals surface area contributed by atoms with Gasteiger partial charge in [0.25, 0.3) is 0 Å². The Hall–Kier alpha value is -2.92. The van der Waals surface area contributed by atoms with E-state index in [2.05, 4.69) is 15.4 Å². The van der Waals surface area contributed by atoms with Crippen molar-refractivity contribution in [3.05, 3.63) is 53.1 Å².